The first-order valence-corrected chi connectivity index (χ1v) is 13.6. The Morgan fingerprint density at radius 3 is 1.17 bits per heavy atom. The highest BCUT2D eigenvalue weighted by Crippen LogP contribution is 2.46. The number of fused-ring (bicyclic) bond motifs is 2. The van der Waals surface area contributed by atoms with Gasteiger partial charge in [-0.05, 0) is 92.3 Å². The average Bonchev–Trinajstić information content (AvgIpc) is 3.18. The largest absolute Gasteiger partial charge is 0.345 e. The molecule has 0 heterocycles. The van der Waals surface area contributed by atoms with Crippen LogP contribution in [0.4, 0.5) is 22.7 Å². The number of rotatable bonds is 6. The van der Waals surface area contributed by atoms with Crippen LogP contribution in [0.1, 0.15) is 13.7 Å². The summed E-state index contributed by atoms with van der Waals surface area (Å²) in [4.78, 5) is 3.91. The van der Waals surface area contributed by atoms with E-state index >= 15 is 0 Å². The molecule has 0 amide bonds. The molecule has 0 aromatic heterocycles. The van der Waals surface area contributed by atoms with Crippen LogP contribution < -0.4 is 9.80 Å². The van der Waals surface area contributed by atoms with Crippen LogP contribution in [0.2, 0.25) is 0 Å². The van der Waals surface area contributed by atoms with Crippen molar-refractivity contribution in [2.45, 2.75) is 0 Å². The lowest BCUT2D eigenvalue weighted by Gasteiger charge is -2.24. The molecule has 0 atom stereocenters. The molecular weight excluding hydrogens is 508 g/mol. The van der Waals surface area contributed by atoms with Gasteiger partial charge in [0.15, 0.2) is 0 Å². The minimum absolute atomic E-state index is 0.00251. The zero-order chi connectivity index (χ0) is 37.2. The summed E-state index contributed by atoms with van der Waals surface area (Å²) in [6, 6.07) is 25.9. The summed E-state index contributed by atoms with van der Waals surface area (Å²) < 4.78 is 87.2. The average molecular weight is 551 g/mol. The predicted octanol–water partition coefficient (Wildman–Crippen LogP) is 10.9. The van der Waals surface area contributed by atoms with Gasteiger partial charge in [0.05, 0.1) is 13.7 Å². The molecule has 2 nitrogen and oxygen atoms in total. The molecule has 0 saturated carbocycles. The maximum atomic E-state index is 9.06. The van der Waals surface area contributed by atoms with Gasteiger partial charge in [0.2, 0.25) is 0 Å². The number of benzene rings is 7. The summed E-state index contributed by atoms with van der Waals surface area (Å²) in [7, 11) is 3.79. The summed E-state index contributed by atoms with van der Waals surface area (Å²) >= 11 is 0. The van der Waals surface area contributed by atoms with Crippen LogP contribution in [0, 0.1) is 0 Å². The van der Waals surface area contributed by atoms with Gasteiger partial charge < -0.3 is 9.80 Å². The molecule has 0 spiro atoms. The van der Waals surface area contributed by atoms with Crippen LogP contribution in [-0.4, -0.2) is 14.1 Å². The van der Waals surface area contributed by atoms with Gasteiger partial charge in [-0.1, -0.05) is 109 Å². The van der Waals surface area contributed by atoms with Gasteiger partial charge in [-0.15, -0.1) is 0 Å². The SMILES string of the molecule is [2H]c1c([2H])c([2H])c(-c2c3ccc(N(C)c4ccccc4)cc3c(-c3c([2H])c([2H])c([2H])c([2H])c3[2H])c3ccc(N(C)c4ccccc4)cc23)c([2H])c1[2H]. The fourth-order valence-corrected chi connectivity index (χ4v) is 5.51. The van der Waals surface area contributed by atoms with E-state index in [4.69, 9.17) is 13.7 Å². The zero-order valence-corrected chi connectivity index (χ0v) is 23.1. The molecule has 7 aromatic carbocycles. The van der Waals surface area contributed by atoms with Gasteiger partial charge in [-0.25, -0.2) is 0 Å². The van der Waals surface area contributed by atoms with Crippen LogP contribution in [0.3, 0.4) is 0 Å². The van der Waals surface area contributed by atoms with E-state index in [2.05, 4.69) is 0 Å². The van der Waals surface area contributed by atoms with E-state index in [1.54, 1.807) is 0 Å². The second kappa shape index (κ2) is 10.9. The van der Waals surface area contributed by atoms with Crippen molar-refractivity contribution in [3.05, 3.63) is 157 Å². The Balaban J connectivity index is 1.71. The number of hydrogen-bond acceptors (Lipinski definition) is 2. The van der Waals surface area contributed by atoms with E-state index in [9.17, 15) is 0 Å². The van der Waals surface area contributed by atoms with E-state index < -0.39 is 36.3 Å². The third-order valence-corrected chi connectivity index (χ3v) is 7.65. The molecule has 0 saturated heterocycles. The fourth-order valence-electron chi connectivity index (χ4n) is 5.51. The third-order valence-electron chi connectivity index (χ3n) is 7.65. The minimum atomic E-state index is -0.514. The lowest BCUT2D eigenvalue weighted by Crippen LogP contribution is -2.09. The highest BCUT2D eigenvalue weighted by molar-refractivity contribution is 6.22. The Morgan fingerprint density at radius 1 is 0.405 bits per heavy atom. The lowest BCUT2D eigenvalue weighted by atomic mass is 9.85. The van der Waals surface area contributed by atoms with E-state index in [-0.39, 0.29) is 35.3 Å². The van der Waals surface area contributed by atoms with E-state index in [1.807, 2.05) is 121 Å². The molecule has 0 aliphatic carbocycles. The monoisotopic (exact) mass is 550 g/mol. The minimum Gasteiger partial charge on any atom is -0.345 e. The number of nitrogens with zero attached hydrogens (tertiary/aromatic N) is 2. The third kappa shape index (κ3) is 4.57. The molecule has 0 bridgehead atoms. The highest BCUT2D eigenvalue weighted by Gasteiger charge is 2.19. The Kier molecular flexibility index (Phi) is 4.37. The van der Waals surface area contributed by atoms with Crippen molar-refractivity contribution in [1.29, 1.82) is 0 Å². The molecule has 7 rings (SSSR count). The van der Waals surface area contributed by atoms with Gasteiger partial charge in [0.1, 0.15) is 0 Å². The number of para-hydroxylation sites is 2. The normalized spacial score (nSPS) is 14.4. The van der Waals surface area contributed by atoms with Gasteiger partial charge in [-0.2, -0.15) is 0 Å². The fraction of sp³-hybridized carbons (Fsp3) is 0.0500. The summed E-state index contributed by atoms with van der Waals surface area (Å²) in [5, 5.41) is 1.93. The van der Waals surface area contributed by atoms with Crippen LogP contribution in [0.5, 0.6) is 0 Å². The first-order valence-electron chi connectivity index (χ1n) is 18.6. The Bertz CT molecular complexity index is 2320. The van der Waals surface area contributed by atoms with Crippen LogP contribution >= 0.6 is 0 Å². The van der Waals surface area contributed by atoms with Gasteiger partial charge in [-0.3, -0.25) is 0 Å². The Morgan fingerprint density at radius 2 is 0.786 bits per heavy atom. The first-order chi connectivity index (χ1) is 24.8. The van der Waals surface area contributed by atoms with Crippen molar-refractivity contribution in [3.63, 3.8) is 0 Å². The standard InChI is InChI=1S/C40H32N2/c1-41(31-19-11-5-12-20-31)33-23-25-35-37(27-33)39(29-15-7-3-8-16-29)36-26-24-34(42(2)32-21-13-6-14-22-32)28-38(36)40(35)30-17-9-4-10-18-30/h3-28H,1-2H3/i3D,4D,7D,8D,9D,10D,15D,16D,17D,18D. The molecule has 0 aliphatic heterocycles. The van der Waals surface area contributed by atoms with E-state index in [0.717, 1.165) is 22.7 Å². The molecular formula is C40H32N2. The maximum absolute atomic E-state index is 9.06. The van der Waals surface area contributed by atoms with Crippen molar-refractivity contribution >= 4 is 44.3 Å². The molecule has 7 aromatic rings. The number of hydrogen-bond donors (Lipinski definition) is 0. The van der Waals surface area contributed by atoms with Gasteiger partial charge >= 0.3 is 0 Å². The quantitative estimate of drug-likeness (QED) is 0.190. The first kappa shape index (κ1) is 16.8. The van der Waals surface area contributed by atoms with Crippen molar-refractivity contribution in [2.24, 2.45) is 0 Å². The maximum Gasteiger partial charge on any atom is 0.0629 e. The highest BCUT2D eigenvalue weighted by atomic mass is 15.1. The van der Waals surface area contributed by atoms with Crippen molar-refractivity contribution < 1.29 is 13.7 Å². The second-order valence-corrected chi connectivity index (χ2v) is 10.00. The second-order valence-electron chi connectivity index (χ2n) is 10.00. The molecule has 0 radical (unpaired) electrons. The molecule has 202 valence electrons. The smallest absolute Gasteiger partial charge is 0.0629 e. The Labute approximate surface area is 261 Å². The van der Waals surface area contributed by atoms with E-state index in [0.29, 0.717) is 32.7 Å². The summed E-state index contributed by atoms with van der Waals surface area (Å²) in [5.41, 5.74) is 3.94. The Hall–Kier alpha value is -5.34. The summed E-state index contributed by atoms with van der Waals surface area (Å²) in [6.45, 7) is 0. The van der Waals surface area contributed by atoms with Crippen molar-refractivity contribution in [2.75, 3.05) is 23.9 Å². The molecule has 0 aliphatic rings. The molecule has 2 heteroatoms. The van der Waals surface area contributed by atoms with Gasteiger partial charge in [0.25, 0.3) is 0 Å². The topological polar surface area (TPSA) is 6.48 Å². The summed E-state index contributed by atoms with van der Waals surface area (Å²) in [6.07, 6.45) is 0. The van der Waals surface area contributed by atoms with Crippen molar-refractivity contribution in [1.82, 2.24) is 0 Å². The van der Waals surface area contributed by atoms with Crippen LogP contribution in [-0.2, 0) is 0 Å². The van der Waals surface area contributed by atoms with Crippen LogP contribution in [0.25, 0.3) is 43.8 Å². The van der Waals surface area contributed by atoms with Gasteiger partial charge in [0, 0.05) is 36.8 Å². The van der Waals surface area contributed by atoms with Crippen molar-refractivity contribution in [3.8, 4) is 22.3 Å². The van der Waals surface area contributed by atoms with Crippen LogP contribution in [0.15, 0.2) is 157 Å². The lowest BCUT2D eigenvalue weighted by molar-refractivity contribution is 1.21. The summed E-state index contributed by atoms with van der Waals surface area (Å²) in [5.74, 6) is 0. The molecule has 0 fully saturated rings. The predicted molar refractivity (Wildman–Crippen MR) is 181 cm³/mol. The molecule has 0 N–H and O–H groups in total. The van der Waals surface area contributed by atoms with E-state index in [1.165, 1.54) is 0 Å². The molecule has 42 heavy (non-hydrogen) atoms. The zero-order valence-electron chi connectivity index (χ0n) is 33.1. The molecule has 0 unspecified atom stereocenters. The number of anilines is 4.